The summed E-state index contributed by atoms with van der Waals surface area (Å²) in [6.45, 7) is 0.466. The van der Waals surface area contributed by atoms with Crippen molar-refractivity contribution in [1.29, 1.82) is 0 Å². The number of aryl methyl sites for hydroxylation is 2. The summed E-state index contributed by atoms with van der Waals surface area (Å²) in [6.07, 6.45) is 4.10. The van der Waals surface area contributed by atoms with Gasteiger partial charge < -0.3 is 10.1 Å². The van der Waals surface area contributed by atoms with Crippen LogP contribution in [0.2, 0.25) is 0 Å². The number of nitrogens with one attached hydrogen (secondary N) is 1. The highest BCUT2D eigenvalue weighted by molar-refractivity contribution is 6.00. The number of H-pyrrole nitrogens is 1. The highest BCUT2D eigenvalue weighted by Crippen LogP contribution is 2.16. The van der Waals surface area contributed by atoms with Crippen LogP contribution in [0.25, 0.3) is 11.0 Å². The highest BCUT2D eigenvalue weighted by Gasteiger charge is 2.14. The lowest BCUT2D eigenvalue weighted by Gasteiger charge is -2.04. The number of rotatable bonds is 4. The number of fused-ring (bicyclic) bond motifs is 1. The van der Waals surface area contributed by atoms with Crippen LogP contribution in [-0.4, -0.2) is 25.6 Å². The molecule has 0 amide bonds. The van der Waals surface area contributed by atoms with Gasteiger partial charge in [0.25, 0.3) is 0 Å². The van der Waals surface area contributed by atoms with Crippen LogP contribution in [0.3, 0.4) is 0 Å². The Morgan fingerprint density at radius 3 is 2.86 bits per heavy atom. The Bertz CT molecular complexity index is 849. The summed E-state index contributed by atoms with van der Waals surface area (Å²) in [5, 5.41) is 9.15. The van der Waals surface area contributed by atoms with Crippen LogP contribution in [0.5, 0.6) is 0 Å². The van der Waals surface area contributed by atoms with E-state index in [1.54, 1.807) is 29.1 Å². The number of aromatic nitrogens is 3. The number of aromatic carboxylic acids is 1. The molecule has 0 aliphatic carbocycles. The molecular weight excluding hydrogens is 270 g/mol. The molecule has 0 saturated carbocycles. The number of hydrogen-bond donors (Lipinski definition) is 2. The van der Waals surface area contributed by atoms with Gasteiger partial charge in [0.15, 0.2) is 0 Å². The number of benzene rings is 1. The molecule has 106 valence electrons. The fourth-order valence-electron chi connectivity index (χ4n) is 2.37. The summed E-state index contributed by atoms with van der Waals surface area (Å²) >= 11 is 0. The number of hydrogen-bond acceptors (Lipinski definition) is 3. The zero-order valence-corrected chi connectivity index (χ0v) is 11.1. The van der Waals surface area contributed by atoms with E-state index in [-0.39, 0.29) is 11.3 Å². The van der Waals surface area contributed by atoms with Gasteiger partial charge in [0.2, 0.25) is 0 Å². The summed E-state index contributed by atoms with van der Waals surface area (Å²) in [7, 11) is 0. The van der Waals surface area contributed by atoms with Gasteiger partial charge in [-0.15, -0.1) is 0 Å². The normalized spacial score (nSPS) is 10.9. The molecule has 0 atom stereocenters. The van der Waals surface area contributed by atoms with Crippen molar-refractivity contribution in [1.82, 2.24) is 14.5 Å². The van der Waals surface area contributed by atoms with Crippen molar-refractivity contribution in [3.05, 3.63) is 64.3 Å². The zero-order valence-electron chi connectivity index (χ0n) is 11.1. The number of carbonyl (C=O) groups is 1. The maximum absolute atomic E-state index is 12.0. The first-order chi connectivity index (χ1) is 10.2. The molecule has 2 aromatic heterocycles. The highest BCUT2D eigenvalue weighted by atomic mass is 16.4. The van der Waals surface area contributed by atoms with Crippen molar-refractivity contribution in [3.63, 3.8) is 0 Å². The molecule has 0 bridgehead atoms. The van der Waals surface area contributed by atoms with Crippen LogP contribution < -0.4 is 5.69 Å². The lowest BCUT2D eigenvalue weighted by atomic mass is 10.2. The largest absolute Gasteiger partial charge is 0.478 e. The standard InChI is InChI=1S/C15H13N3O3/c19-14(20)11-4-1-5-12-13(11)17-15(21)18(12)8-6-10-3-2-7-16-9-10/h1-5,7,9H,6,8H2,(H,17,21)(H,19,20). The second-order valence-corrected chi connectivity index (χ2v) is 4.70. The molecule has 0 spiro atoms. The number of aromatic amines is 1. The quantitative estimate of drug-likeness (QED) is 0.762. The summed E-state index contributed by atoms with van der Waals surface area (Å²) in [5.41, 5.74) is 1.78. The van der Waals surface area contributed by atoms with Crippen molar-refractivity contribution < 1.29 is 9.90 Å². The minimum atomic E-state index is -1.05. The first-order valence-electron chi connectivity index (χ1n) is 6.50. The van der Waals surface area contributed by atoms with Crippen LogP contribution in [0.1, 0.15) is 15.9 Å². The summed E-state index contributed by atoms with van der Waals surface area (Å²) in [4.78, 5) is 29.9. The van der Waals surface area contributed by atoms with E-state index >= 15 is 0 Å². The van der Waals surface area contributed by atoms with Crippen molar-refractivity contribution >= 4 is 17.0 Å². The molecular formula is C15H13N3O3. The molecule has 0 saturated heterocycles. The summed E-state index contributed by atoms with van der Waals surface area (Å²) in [6, 6.07) is 8.64. The predicted octanol–water partition coefficient (Wildman–Crippen LogP) is 1.67. The summed E-state index contributed by atoms with van der Waals surface area (Å²) in [5.74, 6) is -1.05. The van der Waals surface area contributed by atoms with Gasteiger partial charge in [-0.3, -0.25) is 9.55 Å². The molecule has 6 heteroatoms. The topological polar surface area (TPSA) is 88.0 Å². The Kier molecular flexibility index (Phi) is 3.27. The van der Waals surface area contributed by atoms with E-state index < -0.39 is 5.97 Å². The molecule has 2 N–H and O–H groups in total. The maximum Gasteiger partial charge on any atom is 0.337 e. The minimum absolute atomic E-state index is 0.102. The molecule has 0 radical (unpaired) electrons. The molecule has 0 fully saturated rings. The smallest absolute Gasteiger partial charge is 0.337 e. The minimum Gasteiger partial charge on any atom is -0.478 e. The molecule has 0 unspecified atom stereocenters. The van der Waals surface area contributed by atoms with Gasteiger partial charge in [-0.05, 0) is 30.2 Å². The van der Waals surface area contributed by atoms with Gasteiger partial charge in [0.1, 0.15) is 0 Å². The van der Waals surface area contributed by atoms with E-state index in [0.29, 0.717) is 24.0 Å². The Hall–Kier alpha value is -2.89. The third-order valence-electron chi connectivity index (χ3n) is 3.39. The Morgan fingerprint density at radius 1 is 1.29 bits per heavy atom. The molecule has 0 aliphatic rings. The summed E-state index contributed by atoms with van der Waals surface area (Å²) < 4.78 is 1.55. The first-order valence-corrected chi connectivity index (χ1v) is 6.50. The monoisotopic (exact) mass is 283 g/mol. The number of imidazole rings is 1. The molecule has 0 aliphatic heterocycles. The Labute approximate surface area is 119 Å². The van der Waals surface area contributed by atoms with Gasteiger partial charge in [-0.2, -0.15) is 0 Å². The van der Waals surface area contributed by atoms with E-state index in [9.17, 15) is 9.59 Å². The Balaban J connectivity index is 1.99. The number of nitrogens with zero attached hydrogens (tertiary/aromatic N) is 2. The second kappa shape index (κ2) is 5.24. The average Bonchev–Trinajstić information content (AvgIpc) is 2.81. The van der Waals surface area contributed by atoms with Gasteiger partial charge in [0, 0.05) is 18.9 Å². The van der Waals surface area contributed by atoms with Crippen molar-refractivity contribution in [2.24, 2.45) is 0 Å². The average molecular weight is 283 g/mol. The van der Waals surface area contributed by atoms with Gasteiger partial charge in [0.05, 0.1) is 16.6 Å². The fraction of sp³-hybridized carbons (Fsp3) is 0.133. The Morgan fingerprint density at radius 2 is 2.14 bits per heavy atom. The lowest BCUT2D eigenvalue weighted by molar-refractivity contribution is 0.0699. The number of carboxylic acid groups (broad SMARTS) is 1. The maximum atomic E-state index is 12.0. The number of pyridine rings is 1. The van der Waals surface area contributed by atoms with Gasteiger partial charge in [-0.25, -0.2) is 9.59 Å². The molecule has 6 nitrogen and oxygen atoms in total. The zero-order chi connectivity index (χ0) is 14.8. The van der Waals surface area contributed by atoms with Gasteiger partial charge in [-0.1, -0.05) is 12.1 Å². The van der Waals surface area contributed by atoms with Crippen LogP contribution in [0.15, 0.2) is 47.5 Å². The van der Waals surface area contributed by atoms with Crippen molar-refractivity contribution in [2.75, 3.05) is 0 Å². The molecule has 21 heavy (non-hydrogen) atoms. The molecule has 2 heterocycles. The molecule has 3 aromatic rings. The van der Waals surface area contributed by atoms with E-state index in [1.165, 1.54) is 6.07 Å². The number of carboxylic acids is 1. The second-order valence-electron chi connectivity index (χ2n) is 4.70. The van der Waals surface area contributed by atoms with E-state index in [2.05, 4.69) is 9.97 Å². The predicted molar refractivity (Wildman–Crippen MR) is 77.5 cm³/mol. The molecule has 3 rings (SSSR count). The van der Waals surface area contributed by atoms with Crippen molar-refractivity contribution in [3.8, 4) is 0 Å². The van der Waals surface area contributed by atoms with Crippen LogP contribution in [-0.2, 0) is 13.0 Å². The third-order valence-corrected chi connectivity index (χ3v) is 3.39. The van der Waals surface area contributed by atoms with Crippen molar-refractivity contribution in [2.45, 2.75) is 13.0 Å². The van der Waals surface area contributed by atoms with E-state index in [1.807, 2.05) is 12.1 Å². The van der Waals surface area contributed by atoms with E-state index in [0.717, 1.165) is 5.56 Å². The number of para-hydroxylation sites is 1. The van der Waals surface area contributed by atoms with Crippen LogP contribution in [0.4, 0.5) is 0 Å². The fourth-order valence-corrected chi connectivity index (χ4v) is 2.37. The van der Waals surface area contributed by atoms with Crippen LogP contribution in [0, 0.1) is 0 Å². The lowest BCUT2D eigenvalue weighted by Crippen LogP contribution is -2.17. The van der Waals surface area contributed by atoms with Crippen LogP contribution >= 0.6 is 0 Å². The third kappa shape index (κ3) is 2.43. The SMILES string of the molecule is O=C(O)c1cccc2c1[nH]c(=O)n2CCc1cccnc1. The van der Waals surface area contributed by atoms with E-state index in [4.69, 9.17) is 5.11 Å². The first kappa shape index (κ1) is 13.1. The van der Waals surface area contributed by atoms with Gasteiger partial charge >= 0.3 is 11.7 Å². The molecule has 1 aromatic carbocycles.